The molecule has 21 heavy (non-hydrogen) atoms. The average Bonchev–Trinajstić information content (AvgIpc) is 2.46. The summed E-state index contributed by atoms with van der Waals surface area (Å²) in [6, 6.07) is 12.5. The standard InChI is InChI=1S/C16H14Cl2N2O/c1-10(20)12-4-5-16(15(18)7-12)21-9-13-3-2-11(8-19)6-14(13)17/h2-7,10H,9,20H2,1H3. The number of benzene rings is 2. The smallest absolute Gasteiger partial charge is 0.138 e. The number of nitrogens with two attached hydrogens (primary N) is 1. The molecule has 0 aliphatic heterocycles. The number of nitriles is 1. The zero-order valence-electron chi connectivity index (χ0n) is 11.4. The molecule has 0 amide bonds. The zero-order chi connectivity index (χ0) is 15.4. The average molecular weight is 321 g/mol. The van der Waals surface area contributed by atoms with Gasteiger partial charge in [-0.3, -0.25) is 0 Å². The van der Waals surface area contributed by atoms with Crippen LogP contribution in [0.1, 0.15) is 29.7 Å². The summed E-state index contributed by atoms with van der Waals surface area (Å²) in [6.45, 7) is 2.17. The van der Waals surface area contributed by atoms with Gasteiger partial charge in [-0.2, -0.15) is 5.26 Å². The van der Waals surface area contributed by atoms with Gasteiger partial charge in [0.25, 0.3) is 0 Å². The molecule has 0 bridgehead atoms. The lowest BCUT2D eigenvalue weighted by molar-refractivity contribution is 0.306. The number of ether oxygens (including phenoxy) is 1. The molecular formula is C16H14Cl2N2O. The van der Waals surface area contributed by atoms with E-state index in [-0.39, 0.29) is 12.6 Å². The number of halogens is 2. The number of hydrogen-bond donors (Lipinski definition) is 1. The van der Waals surface area contributed by atoms with Crippen LogP contribution in [0.3, 0.4) is 0 Å². The van der Waals surface area contributed by atoms with E-state index < -0.39 is 0 Å². The normalized spacial score (nSPS) is 11.8. The topological polar surface area (TPSA) is 59.0 Å². The van der Waals surface area contributed by atoms with E-state index in [1.165, 1.54) is 0 Å². The Morgan fingerprint density at radius 3 is 2.52 bits per heavy atom. The van der Waals surface area contributed by atoms with E-state index in [2.05, 4.69) is 0 Å². The molecule has 0 aliphatic carbocycles. The third-order valence-corrected chi connectivity index (χ3v) is 3.69. The summed E-state index contributed by atoms with van der Waals surface area (Å²) in [4.78, 5) is 0. The third-order valence-electron chi connectivity index (χ3n) is 3.05. The van der Waals surface area contributed by atoms with Gasteiger partial charge in [-0.05, 0) is 36.8 Å². The first kappa shape index (κ1) is 15.7. The summed E-state index contributed by atoms with van der Waals surface area (Å²) in [5.41, 5.74) is 8.06. The second-order valence-electron chi connectivity index (χ2n) is 4.69. The lowest BCUT2D eigenvalue weighted by Gasteiger charge is -2.12. The van der Waals surface area contributed by atoms with Crippen LogP contribution in [-0.2, 0) is 6.61 Å². The van der Waals surface area contributed by atoms with Gasteiger partial charge in [0, 0.05) is 16.6 Å². The van der Waals surface area contributed by atoms with Crippen LogP contribution in [0, 0.1) is 11.3 Å². The Bertz CT molecular complexity index is 693. The molecule has 1 atom stereocenters. The molecule has 0 fully saturated rings. The molecule has 0 heterocycles. The number of rotatable bonds is 4. The van der Waals surface area contributed by atoms with Crippen LogP contribution in [0.25, 0.3) is 0 Å². The lowest BCUT2D eigenvalue weighted by atomic mass is 10.1. The molecule has 0 radical (unpaired) electrons. The molecule has 2 N–H and O–H groups in total. The summed E-state index contributed by atoms with van der Waals surface area (Å²) in [7, 11) is 0. The van der Waals surface area contributed by atoms with Gasteiger partial charge >= 0.3 is 0 Å². The SMILES string of the molecule is CC(N)c1ccc(OCc2ccc(C#N)cc2Cl)c(Cl)c1. The first-order chi connectivity index (χ1) is 10.0. The van der Waals surface area contributed by atoms with Crippen molar-refractivity contribution in [3.8, 4) is 11.8 Å². The second kappa shape index (κ2) is 6.82. The monoisotopic (exact) mass is 320 g/mol. The Balaban J connectivity index is 2.12. The molecule has 3 nitrogen and oxygen atoms in total. The van der Waals surface area contributed by atoms with E-state index in [0.717, 1.165) is 11.1 Å². The molecule has 2 rings (SSSR count). The molecule has 0 saturated heterocycles. The minimum atomic E-state index is -0.0791. The quantitative estimate of drug-likeness (QED) is 0.904. The largest absolute Gasteiger partial charge is 0.487 e. The van der Waals surface area contributed by atoms with Crippen molar-refractivity contribution in [2.45, 2.75) is 19.6 Å². The summed E-state index contributed by atoms with van der Waals surface area (Å²) in [5.74, 6) is 0.571. The fraction of sp³-hybridized carbons (Fsp3) is 0.188. The number of hydrogen-bond acceptors (Lipinski definition) is 3. The maximum Gasteiger partial charge on any atom is 0.138 e. The van der Waals surface area contributed by atoms with Gasteiger partial charge in [-0.15, -0.1) is 0 Å². The predicted molar refractivity (Wildman–Crippen MR) is 84.6 cm³/mol. The molecule has 0 spiro atoms. The van der Waals surface area contributed by atoms with E-state index in [4.69, 9.17) is 38.9 Å². The summed E-state index contributed by atoms with van der Waals surface area (Å²) < 4.78 is 5.67. The molecule has 1 unspecified atom stereocenters. The van der Waals surface area contributed by atoms with Gasteiger partial charge in [-0.25, -0.2) is 0 Å². The van der Waals surface area contributed by atoms with Crippen molar-refractivity contribution in [3.05, 3.63) is 63.1 Å². The molecule has 108 valence electrons. The fourth-order valence-corrected chi connectivity index (χ4v) is 2.29. The van der Waals surface area contributed by atoms with Crippen LogP contribution >= 0.6 is 23.2 Å². The molecule has 2 aromatic rings. The number of nitrogens with zero attached hydrogens (tertiary/aromatic N) is 1. The predicted octanol–water partition coefficient (Wildman–Crippen LogP) is 4.46. The Morgan fingerprint density at radius 1 is 1.19 bits per heavy atom. The van der Waals surface area contributed by atoms with Crippen molar-refractivity contribution in [2.24, 2.45) is 5.73 Å². The van der Waals surface area contributed by atoms with Crippen molar-refractivity contribution < 1.29 is 4.74 Å². The second-order valence-corrected chi connectivity index (χ2v) is 5.50. The van der Waals surface area contributed by atoms with Gasteiger partial charge in [0.1, 0.15) is 12.4 Å². The van der Waals surface area contributed by atoms with Gasteiger partial charge < -0.3 is 10.5 Å². The molecule has 0 aliphatic rings. The first-order valence-corrected chi connectivity index (χ1v) is 7.13. The molecular weight excluding hydrogens is 307 g/mol. The summed E-state index contributed by atoms with van der Waals surface area (Å²) >= 11 is 12.3. The molecule has 2 aromatic carbocycles. The Hall–Kier alpha value is -1.73. The van der Waals surface area contributed by atoms with Gasteiger partial charge in [0.15, 0.2) is 0 Å². The van der Waals surface area contributed by atoms with Crippen molar-refractivity contribution in [3.63, 3.8) is 0 Å². The Morgan fingerprint density at radius 2 is 1.95 bits per heavy atom. The van der Waals surface area contributed by atoms with E-state index in [1.807, 2.05) is 19.1 Å². The van der Waals surface area contributed by atoms with E-state index in [0.29, 0.717) is 21.4 Å². The van der Waals surface area contributed by atoms with Gasteiger partial charge in [-0.1, -0.05) is 35.3 Å². The van der Waals surface area contributed by atoms with E-state index in [9.17, 15) is 0 Å². The lowest BCUT2D eigenvalue weighted by Crippen LogP contribution is -2.05. The zero-order valence-corrected chi connectivity index (χ0v) is 12.9. The van der Waals surface area contributed by atoms with Crippen LogP contribution < -0.4 is 10.5 Å². The highest BCUT2D eigenvalue weighted by Gasteiger charge is 2.08. The Labute approximate surface area is 133 Å². The maximum absolute atomic E-state index is 8.80. The maximum atomic E-state index is 8.80. The van der Waals surface area contributed by atoms with Crippen LogP contribution in [0.2, 0.25) is 10.0 Å². The highest BCUT2D eigenvalue weighted by Crippen LogP contribution is 2.29. The highest BCUT2D eigenvalue weighted by atomic mass is 35.5. The van der Waals surface area contributed by atoms with Crippen LogP contribution in [-0.4, -0.2) is 0 Å². The molecule has 5 heteroatoms. The van der Waals surface area contributed by atoms with Gasteiger partial charge in [0.2, 0.25) is 0 Å². The molecule has 0 aromatic heterocycles. The van der Waals surface area contributed by atoms with Crippen molar-refractivity contribution >= 4 is 23.2 Å². The first-order valence-electron chi connectivity index (χ1n) is 6.37. The molecule has 0 saturated carbocycles. The fourth-order valence-electron chi connectivity index (χ4n) is 1.81. The third kappa shape index (κ3) is 3.89. The highest BCUT2D eigenvalue weighted by molar-refractivity contribution is 6.32. The summed E-state index contributed by atoms with van der Waals surface area (Å²) in [5, 5.41) is 9.81. The van der Waals surface area contributed by atoms with Crippen molar-refractivity contribution in [2.75, 3.05) is 0 Å². The van der Waals surface area contributed by atoms with Crippen LogP contribution in [0.5, 0.6) is 5.75 Å². The van der Waals surface area contributed by atoms with E-state index in [1.54, 1.807) is 30.3 Å². The van der Waals surface area contributed by atoms with Crippen molar-refractivity contribution in [1.82, 2.24) is 0 Å². The van der Waals surface area contributed by atoms with Crippen LogP contribution in [0.4, 0.5) is 0 Å². The Kier molecular flexibility index (Phi) is 5.08. The minimum Gasteiger partial charge on any atom is -0.487 e. The van der Waals surface area contributed by atoms with E-state index >= 15 is 0 Å². The van der Waals surface area contributed by atoms with Crippen LogP contribution in [0.15, 0.2) is 36.4 Å². The summed E-state index contributed by atoms with van der Waals surface area (Å²) in [6.07, 6.45) is 0. The minimum absolute atomic E-state index is 0.0791. The van der Waals surface area contributed by atoms with Gasteiger partial charge in [0.05, 0.1) is 16.7 Å². The van der Waals surface area contributed by atoms with Crippen molar-refractivity contribution in [1.29, 1.82) is 5.26 Å².